The summed E-state index contributed by atoms with van der Waals surface area (Å²) in [4.78, 5) is 21.8. The highest BCUT2D eigenvalue weighted by Gasteiger charge is 2.35. The molecule has 28 heavy (non-hydrogen) atoms. The van der Waals surface area contributed by atoms with Crippen LogP contribution in [0.25, 0.3) is 0 Å². The predicted molar refractivity (Wildman–Crippen MR) is 109 cm³/mol. The van der Waals surface area contributed by atoms with Gasteiger partial charge in [-0.3, -0.25) is 13.8 Å². The zero-order valence-corrected chi connectivity index (χ0v) is 18.2. The molecule has 3 atom stereocenters. The van der Waals surface area contributed by atoms with Gasteiger partial charge in [0.15, 0.2) is 11.9 Å². The molecule has 9 heteroatoms. The Morgan fingerprint density at radius 2 is 1.50 bits per heavy atom. The highest BCUT2D eigenvalue weighted by molar-refractivity contribution is 7.47. The predicted octanol–water partition coefficient (Wildman–Crippen LogP) is 3.07. The molecular weight excluding hydrogens is 385 g/mol. The molecule has 0 heterocycles. The SMILES string of the molecule is CCCCCCCCCCCCCC(=O)C(OP(=O)(O)OCCN)[C@@H](O)CO. The normalized spacial score (nSPS) is 15.9. The molecule has 0 saturated carbocycles. The second-order valence-corrected chi connectivity index (χ2v) is 8.52. The van der Waals surface area contributed by atoms with Crippen LogP contribution in [-0.4, -0.2) is 52.9 Å². The summed E-state index contributed by atoms with van der Waals surface area (Å²) in [5.74, 6) is -0.525. The Morgan fingerprint density at radius 3 is 1.96 bits per heavy atom. The van der Waals surface area contributed by atoms with Gasteiger partial charge in [-0.15, -0.1) is 0 Å². The minimum Gasteiger partial charge on any atom is -0.394 e. The van der Waals surface area contributed by atoms with Crippen LogP contribution in [0.4, 0.5) is 0 Å². The van der Waals surface area contributed by atoms with E-state index in [9.17, 15) is 19.4 Å². The maximum atomic E-state index is 12.2. The first kappa shape index (κ1) is 27.7. The Balaban J connectivity index is 4.04. The zero-order valence-electron chi connectivity index (χ0n) is 17.3. The number of aliphatic hydroxyl groups excluding tert-OH is 2. The van der Waals surface area contributed by atoms with Gasteiger partial charge in [-0.2, -0.15) is 0 Å². The van der Waals surface area contributed by atoms with Gasteiger partial charge in [0.2, 0.25) is 0 Å². The lowest BCUT2D eigenvalue weighted by atomic mass is 10.0. The van der Waals surface area contributed by atoms with E-state index in [1.807, 2.05) is 0 Å². The number of Topliss-reactive ketones (excluding diaryl/α,β-unsaturated/α-hetero) is 1. The van der Waals surface area contributed by atoms with E-state index in [0.29, 0.717) is 6.42 Å². The van der Waals surface area contributed by atoms with Gasteiger partial charge in [0.25, 0.3) is 0 Å². The molecule has 0 fully saturated rings. The minimum atomic E-state index is -4.53. The van der Waals surface area contributed by atoms with Crippen molar-refractivity contribution in [2.24, 2.45) is 5.73 Å². The standard InChI is InChI=1S/C19H40NO7P/c1-2-3-4-5-6-7-8-9-10-11-12-13-17(22)19(18(23)16-21)27-28(24,25)26-15-14-20/h18-19,21,23H,2-16,20H2,1H3,(H,24,25)/t18-,19?/m0/s1. The van der Waals surface area contributed by atoms with Crippen LogP contribution < -0.4 is 5.73 Å². The number of hydrogen-bond acceptors (Lipinski definition) is 7. The van der Waals surface area contributed by atoms with Crippen LogP contribution in [0, 0.1) is 0 Å². The third kappa shape index (κ3) is 14.6. The van der Waals surface area contributed by atoms with Crippen LogP contribution in [-0.2, 0) is 18.4 Å². The summed E-state index contributed by atoms with van der Waals surface area (Å²) < 4.78 is 21.1. The molecule has 0 spiro atoms. The molecule has 0 radical (unpaired) electrons. The zero-order chi connectivity index (χ0) is 21.3. The van der Waals surface area contributed by atoms with E-state index >= 15 is 0 Å². The number of rotatable bonds is 20. The lowest BCUT2D eigenvalue weighted by molar-refractivity contribution is -0.134. The molecule has 0 aliphatic heterocycles. The van der Waals surface area contributed by atoms with Gasteiger partial charge in [-0.25, -0.2) is 4.57 Å². The van der Waals surface area contributed by atoms with E-state index in [1.165, 1.54) is 44.9 Å². The van der Waals surface area contributed by atoms with Crippen LogP contribution in [0.2, 0.25) is 0 Å². The Labute approximate surface area is 169 Å². The van der Waals surface area contributed by atoms with Crippen LogP contribution in [0.5, 0.6) is 0 Å². The second kappa shape index (κ2) is 17.5. The van der Waals surface area contributed by atoms with E-state index in [1.54, 1.807) is 0 Å². The number of phosphoric acid groups is 1. The average molecular weight is 426 g/mol. The van der Waals surface area contributed by atoms with Crippen LogP contribution in [0.3, 0.4) is 0 Å². The molecular formula is C19H40NO7P. The van der Waals surface area contributed by atoms with Crippen molar-refractivity contribution < 1.29 is 33.5 Å². The fraction of sp³-hybridized carbons (Fsp3) is 0.947. The van der Waals surface area contributed by atoms with Gasteiger partial charge < -0.3 is 20.8 Å². The van der Waals surface area contributed by atoms with Crippen molar-refractivity contribution in [3.05, 3.63) is 0 Å². The topological polar surface area (TPSA) is 139 Å². The van der Waals surface area contributed by atoms with Crippen molar-refractivity contribution in [2.45, 2.75) is 96.2 Å². The molecule has 0 aromatic heterocycles. The first-order chi connectivity index (χ1) is 13.4. The third-order valence-corrected chi connectivity index (χ3v) is 5.50. The molecule has 0 rings (SSSR count). The molecule has 0 bridgehead atoms. The molecule has 0 aromatic carbocycles. The molecule has 0 amide bonds. The van der Waals surface area contributed by atoms with Gasteiger partial charge in [0.05, 0.1) is 13.2 Å². The molecule has 0 aromatic rings. The Kier molecular flexibility index (Phi) is 17.3. The maximum absolute atomic E-state index is 12.2. The summed E-state index contributed by atoms with van der Waals surface area (Å²) in [5, 5.41) is 18.8. The summed E-state index contributed by atoms with van der Waals surface area (Å²) in [6.07, 6.45) is 9.47. The van der Waals surface area contributed by atoms with Crippen LogP contribution in [0.1, 0.15) is 84.0 Å². The summed E-state index contributed by atoms with van der Waals surface area (Å²) in [5.41, 5.74) is 5.19. The second-order valence-electron chi connectivity index (χ2n) is 7.12. The maximum Gasteiger partial charge on any atom is 0.473 e. The molecule has 0 aliphatic carbocycles. The van der Waals surface area contributed by atoms with Crippen molar-refractivity contribution >= 4 is 13.6 Å². The number of carbonyl (C=O) groups is 1. The number of phosphoric ester groups is 1. The monoisotopic (exact) mass is 425 g/mol. The van der Waals surface area contributed by atoms with Gasteiger partial charge in [-0.1, -0.05) is 71.1 Å². The summed E-state index contributed by atoms with van der Waals surface area (Å²) in [7, 11) is -4.53. The number of hydrogen-bond donors (Lipinski definition) is 4. The van der Waals surface area contributed by atoms with E-state index in [4.69, 9.17) is 15.4 Å². The van der Waals surface area contributed by atoms with Crippen LogP contribution in [0.15, 0.2) is 0 Å². The number of carbonyl (C=O) groups excluding carboxylic acids is 1. The van der Waals surface area contributed by atoms with E-state index in [-0.39, 0.29) is 19.6 Å². The number of ketones is 1. The van der Waals surface area contributed by atoms with Gasteiger partial charge in [0.1, 0.15) is 6.10 Å². The fourth-order valence-electron chi connectivity index (χ4n) is 2.89. The number of unbranched alkanes of at least 4 members (excludes halogenated alkanes) is 10. The molecule has 2 unspecified atom stereocenters. The molecule has 0 saturated heterocycles. The largest absolute Gasteiger partial charge is 0.473 e. The fourth-order valence-corrected chi connectivity index (χ4v) is 3.83. The van der Waals surface area contributed by atoms with Crippen molar-refractivity contribution in [3.8, 4) is 0 Å². The Morgan fingerprint density at radius 1 is 1.00 bits per heavy atom. The molecule has 5 N–H and O–H groups in total. The highest BCUT2D eigenvalue weighted by atomic mass is 31.2. The van der Waals surface area contributed by atoms with Gasteiger partial charge in [-0.05, 0) is 6.42 Å². The van der Waals surface area contributed by atoms with Gasteiger partial charge in [0, 0.05) is 13.0 Å². The van der Waals surface area contributed by atoms with E-state index in [0.717, 1.165) is 19.3 Å². The summed E-state index contributed by atoms with van der Waals surface area (Å²) in [6.45, 7) is 1.24. The van der Waals surface area contributed by atoms with E-state index in [2.05, 4.69) is 11.4 Å². The van der Waals surface area contributed by atoms with Crippen LogP contribution >= 0.6 is 7.82 Å². The summed E-state index contributed by atoms with van der Waals surface area (Å²) in [6, 6.07) is 0. The van der Waals surface area contributed by atoms with E-state index < -0.39 is 32.4 Å². The lowest BCUT2D eigenvalue weighted by Gasteiger charge is -2.23. The highest BCUT2D eigenvalue weighted by Crippen LogP contribution is 2.45. The Bertz CT molecular complexity index is 437. The quantitative estimate of drug-likeness (QED) is 0.172. The number of aliphatic hydroxyl groups is 2. The molecule has 0 aliphatic rings. The van der Waals surface area contributed by atoms with Crippen molar-refractivity contribution in [3.63, 3.8) is 0 Å². The Hall–Kier alpha value is -0.340. The average Bonchev–Trinajstić information content (AvgIpc) is 2.68. The first-order valence-electron chi connectivity index (χ1n) is 10.5. The smallest absolute Gasteiger partial charge is 0.394 e. The lowest BCUT2D eigenvalue weighted by Crippen LogP contribution is -2.38. The van der Waals surface area contributed by atoms with Crippen molar-refractivity contribution in [2.75, 3.05) is 19.8 Å². The van der Waals surface area contributed by atoms with Gasteiger partial charge >= 0.3 is 7.82 Å². The summed E-state index contributed by atoms with van der Waals surface area (Å²) >= 11 is 0. The molecule has 168 valence electrons. The number of nitrogens with two attached hydrogens (primary N) is 1. The molecule has 8 nitrogen and oxygen atoms in total. The van der Waals surface area contributed by atoms with Crippen molar-refractivity contribution in [1.82, 2.24) is 0 Å². The van der Waals surface area contributed by atoms with Crippen molar-refractivity contribution in [1.29, 1.82) is 0 Å². The first-order valence-corrected chi connectivity index (χ1v) is 12.0. The third-order valence-electron chi connectivity index (χ3n) is 4.50. The minimum absolute atomic E-state index is 0.00775.